The first-order chi connectivity index (χ1) is 69.4. The van der Waals surface area contributed by atoms with Crippen molar-refractivity contribution >= 4 is 146 Å². The van der Waals surface area contributed by atoms with E-state index in [1.807, 2.05) is 54.6 Å². The fourth-order valence-corrected chi connectivity index (χ4v) is 22.8. The summed E-state index contributed by atoms with van der Waals surface area (Å²) >= 11 is 0. The summed E-state index contributed by atoms with van der Waals surface area (Å²) in [6, 6.07) is 166. The van der Waals surface area contributed by atoms with Crippen LogP contribution < -0.4 is 103 Å². The van der Waals surface area contributed by atoms with Crippen LogP contribution in [0.25, 0.3) is 121 Å². The second kappa shape index (κ2) is 32.9. The number of fused-ring (bicyclic) bond motifs is 22. The first-order valence-corrected chi connectivity index (χ1v) is 47.8. The van der Waals surface area contributed by atoms with Crippen LogP contribution in [0.1, 0.15) is 0 Å². The molecule has 0 aliphatic carbocycles. The molecule has 0 unspecified atom stereocenters. The zero-order valence-electron chi connectivity index (χ0n) is 75.6. The van der Waals surface area contributed by atoms with Crippen LogP contribution in [0, 0.1) is 0 Å². The summed E-state index contributed by atoms with van der Waals surface area (Å²) in [5.41, 5.74) is 27.6. The van der Waals surface area contributed by atoms with E-state index in [9.17, 15) is 0 Å². The zero-order chi connectivity index (χ0) is 92.0. The zero-order valence-corrected chi connectivity index (χ0v) is 75.6. The maximum absolute atomic E-state index is 6.75. The van der Waals surface area contributed by atoms with Gasteiger partial charge in [-0.2, -0.15) is 0 Å². The molecule has 8 nitrogen and oxygen atoms in total. The molecule has 0 amide bonds. The van der Waals surface area contributed by atoms with Gasteiger partial charge in [-0.3, -0.25) is 0 Å². The molecule has 12 heteroatoms. The van der Waals surface area contributed by atoms with Crippen LogP contribution in [0.2, 0.25) is 0 Å². The second-order valence-electron chi connectivity index (χ2n) is 36.7. The van der Waals surface area contributed by atoms with E-state index in [-0.39, 0.29) is 26.9 Å². The fraction of sp³-hybridized carbons (Fsp3) is 0. The van der Waals surface area contributed by atoms with Crippen LogP contribution in [-0.2, 0) is 0 Å². The lowest BCUT2D eigenvalue weighted by Gasteiger charge is -2.34. The summed E-state index contributed by atoms with van der Waals surface area (Å²) in [5.74, 6) is 14.3. The largest absolute Gasteiger partial charge is 0.458 e. The van der Waals surface area contributed by atoms with Crippen LogP contribution in [0.15, 0.2) is 473 Å². The lowest BCUT2D eigenvalue weighted by Crippen LogP contribution is -2.57. The van der Waals surface area contributed by atoms with Crippen LogP contribution in [0.3, 0.4) is 0 Å². The Morgan fingerprint density at radius 3 is 0.786 bits per heavy atom. The third kappa shape index (κ3) is 13.2. The maximum atomic E-state index is 6.75. The molecule has 8 heterocycles. The molecule has 140 heavy (non-hydrogen) atoms. The molecular formula is C128H78B4O8. The maximum Gasteiger partial charge on any atom is 0.260 e. The summed E-state index contributed by atoms with van der Waals surface area (Å²) in [6.07, 6.45) is 0. The third-order valence-corrected chi connectivity index (χ3v) is 29.0. The molecule has 8 aliphatic rings. The summed E-state index contributed by atoms with van der Waals surface area (Å²) in [4.78, 5) is 0. The Morgan fingerprint density at radius 2 is 0.379 bits per heavy atom. The Hall–Kier alpha value is -18.0. The third-order valence-electron chi connectivity index (χ3n) is 29.0. The van der Waals surface area contributed by atoms with Crippen molar-refractivity contribution in [3.8, 4) is 159 Å². The summed E-state index contributed by atoms with van der Waals surface area (Å²) in [7, 11) is 0. The SMILES string of the molecule is c1ccc(-c2cc3ccccc3cc2-c2ccc3c4c2Oc2ccccc2B4c2ccccc2O3)cc1.c1ccc(-c2ccc(-c3ccc4c5c3Oc3ccccc3B5c3ccccc3O4)c3ccccc23)cc1.c1ccc2c(c1)Oc1ccc(-c3cc4ccccc4c4ccccc34)c3c1B2c1ccccc1O3.c1ccc2c(c1)Oc1ccc(-c3ccc4ccccc4c3)c3c1B2c1ccccc1O3. The topological polar surface area (TPSA) is 73.8 Å². The fourth-order valence-electron chi connectivity index (χ4n) is 22.8. The van der Waals surface area contributed by atoms with Crippen molar-refractivity contribution in [2.24, 2.45) is 0 Å². The lowest BCUT2D eigenvalue weighted by molar-refractivity contribution is 0.465. The molecule has 0 spiro atoms. The first kappa shape index (κ1) is 80.5. The molecule has 0 bridgehead atoms. The van der Waals surface area contributed by atoms with E-state index in [1.54, 1.807) is 0 Å². The molecule has 0 saturated carbocycles. The molecule has 0 N–H and O–H groups in total. The highest BCUT2D eigenvalue weighted by Crippen LogP contribution is 2.51. The van der Waals surface area contributed by atoms with Crippen molar-refractivity contribution in [1.29, 1.82) is 0 Å². The Balaban J connectivity index is 0.0000000918. The minimum absolute atomic E-state index is 0.0560. The van der Waals surface area contributed by atoms with Gasteiger partial charge in [0.2, 0.25) is 0 Å². The normalized spacial score (nSPS) is 12.8. The molecule has 0 fully saturated rings. The number of ether oxygens (including phenoxy) is 8. The van der Waals surface area contributed by atoms with Crippen molar-refractivity contribution in [2.45, 2.75) is 0 Å². The average Bonchev–Trinajstić information content (AvgIpc) is 0.724. The monoisotopic (exact) mass is 1790 g/mol. The van der Waals surface area contributed by atoms with Gasteiger partial charge < -0.3 is 37.9 Å². The van der Waals surface area contributed by atoms with Gasteiger partial charge in [0.1, 0.15) is 92.0 Å². The van der Waals surface area contributed by atoms with Gasteiger partial charge in [0, 0.05) is 44.1 Å². The lowest BCUT2D eigenvalue weighted by atomic mass is 9.34. The van der Waals surface area contributed by atoms with E-state index in [1.165, 1.54) is 125 Å². The van der Waals surface area contributed by atoms with E-state index in [4.69, 9.17) is 37.9 Å². The highest BCUT2D eigenvalue weighted by Gasteiger charge is 2.47. The molecule has 0 aromatic heterocycles. The molecular weight excluding hydrogens is 1710 g/mol. The van der Waals surface area contributed by atoms with Gasteiger partial charge in [-0.25, -0.2) is 0 Å². The Labute approximate surface area is 810 Å². The Morgan fingerprint density at radius 1 is 0.121 bits per heavy atom. The number of benzene rings is 23. The molecule has 0 radical (unpaired) electrons. The standard InChI is InChI=1S/2C34H21BO2.C32H19BO2.C28H17BO2/c1-2-10-22(11-3-1)26-20-23-12-4-5-13-24(23)21-27(26)25-18-19-32-33-34(25)37-31-17-9-7-15-29(31)35(33)28-14-6-8-16-30(28)36-32;1-2-10-22(11-3-1)23-18-19-26(25-13-5-4-12-24(23)25)27-20-21-32-33-34(27)37-31-17-9-7-15-29(31)35(33)28-14-6-8-16-30(28)36-32;1-2-10-21-20(9-1)19-25(23-12-4-3-11-22(21)23)24-17-18-30-31-32(24)35-29-16-8-6-14-27(29)33(31)26-13-5-7-15-28(26)34-30;1-2-8-19-17-20(14-13-18(19)7-1)21-15-16-26-27-28(21)31-25-12-6-4-10-23(25)29(27)22-9-3-5-11-24(22)30-26/h2*1-21H;1-19H;1-17H. The molecule has 0 saturated heterocycles. The van der Waals surface area contributed by atoms with Crippen LogP contribution in [0.5, 0.6) is 92.0 Å². The predicted octanol–water partition coefficient (Wildman–Crippen LogP) is 25.4. The van der Waals surface area contributed by atoms with Gasteiger partial charge in [-0.1, -0.05) is 352 Å². The van der Waals surface area contributed by atoms with Gasteiger partial charge in [0.15, 0.2) is 0 Å². The van der Waals surface area contributed by atoms with Gasteiger partial charge in [-0.05, 0) is 263 Å². The van der Waals surface area contributed by atoms with Crippen LogP contribution in [-0.4, -0.2) is 26.9 Å². The molecule has 23 aromatic rings. The number of para-hydroxylation sites is 8. The van der Waals surface area contributed by atoms with Gasteiger partial charge in [-0.15, -0.1) is 0 Å². The summed E-state index contributed by atoms with van der Waals surface area (Å²) < 4.78 is 52.3. The van der Waals surface area contributed by atoms with E-state index >= 15 is 0 Å². The Bertz CT molecular complexity index is 9050. The Kier molecular flexibility index (Phi) is 18.9. The molecule has 650 valence electrons. The quantitative estimate of drug-likeness (QED) is 0.120. The van der Waals surface area contributed by atoms with Crippen molar-refractivity contribution < 1.29 is 37.9 Å². The second-order valence-corrected chi connectivity index (χ2v) is 36.7. The number of hydrogen-bond donors (Lipinski definition) is 0. The van der Waals surface area contributed by atoms with E-state index < -0.39 is 0 Å². The molecule has 23 aromatic carbocycles. The van der Waals surface area contributed by atoms with Gasteiger partial charge in [0.25, 0.3) is 26.9 Å². The minimum Gasteiger partial charge on any atom is -0.458 e. The minimum atomic E-state index is 0.0560. The first-order valence-electron chi connectivity index (χ1n) is 47.8. The van der Waals surface area contributed by atoms with Crippen LogP contribution in [0.4, 0.5) is 0 Å². The van der Waals surface area contributed by atoms with Crippen molar-refractivity contribution in [1.82, 2.24) is 0 Å². The summed E-state index contributed by atoms with van der Waals surface area (Å²) in [5, 5.41) is 12.3. The number of hydrogen-bond acceptors (Lipinski definition) is 8. The van der Waals surface area contributed by atoms with E-state index in [2.05, 4.69) is 419 Å². The van der Waals surface area contributed by atoms with Crippen molar-refractivity contribution in [2.75, 3.05) is 0 Å². The van der Waals surface area contributed by atoms with Crippen molar-refractivity contribution in [3.05, 3.63) is 473 Å². The predicted molar refractivity (Wildman–Crippen MR) is 577 cm³/mol. The summed E-state index contributed by atoms with van der Waals surface area (Å²) in [6.45, 7) is 0.289. The molecule has 31 rings (SSSR count). The van der Waals surface area contributed by atoms with Gasteiger partial charge >= 0.3 is 0 Å². The van der Waals surface area contributed by atoms with E-state index in [0.717, 1.165) is 153 Å². The molecule has 8 aliphatic heterocycles. The van der Waals surface area contributed by atoms with Crippen molar-refractivity contribution in [3.63, 3.8) is 0 Å². The smallest absolute Gasteiger partial charge is 0.260 e. The molecule has 0 atom stereocenters. The highest BCUT2D eigenvalue weighted by atomic mass is 16.5. The van der Waals surface area contributed by atoms with E-state index in [0.29, 0.717) is 0 Å². The average molecular weight is 1790 g/mol. The van der Waals surface area contributed by atoms with Gasteiger partial charge in [0.05, 0.1) is 0 Å². The number of rotatable bonds is 6. The highest BCUT2D eigenvalue weighted by molar-refractivity contribution is 7.00. The van der Waals surface area contributed by atoms with Crippen LogP contribution >= 0.6 is 0 Å².